The zero-order valence-corrected chi connectivity index (χ0v) is 16.1. The van der Waals surface area contributed by atoms with E-state index in [1.807, 2.05) is 30.3 Å². The van der Waals surface area contributed by atoms with Gasteiger partial charge in [-0.25, -0.2) is 8.42 Å². The Morgan fingerprint density at radius 3 is 2.30 bits per heavy atom. The number of benzene rings is 2. The maximum Gasteiger partial charge on any atom is 0.287 e. The number of hydrogen-bond donors (Lipinski definition) is 1. The summed E-state index contributed by atoms with van der Waals surface area (Å²) in [5.41, 5.74) is 0. The zero-order chi connectivity index (χ0) is 19.1. The van der Waals surface area contributed by atoms with Gasteiger partial charge in [0.1, 0.15) is 11.5 Å². The van der Waals surface area contributed by atoms with E-state index in [1.165, 1.54) is 24.3 Å². The number of hydrogen-bond acceptors (Lipinski definition) is 5. The summed E-state index contributed by atoms with van der Waals surface area (Å²) >= 11 is 1.64. The standard InChI is InChI=1S/C20H19NO4S2/c22-20(21-13-14-26-17-7-3-1-4-8-17)19-12-11-16(25-19)15-27(23,24)18-9-5-2-6-10-18/h1-12H,13-15H2,(H,21,22). The Kier molecular flexibility index (Phi) is 6.36. The minimum Gasteiger partial charge on any atom is -0.455 e. The molecule has 3 aromatic rings. The van der Waals surface area contributed by atoms with Gasteiger partial charge in [0.2, 0.25) is 0 Å². The molecule has 0 spiro atoms. The van der Waals surface area contributed by atoms with Crippen LogP contribution in [0.15, 0.2) is 87.0 Å². The van der Waals surface area contributed by atoms with Crippen LogP contribution in [0.5, 0.6) is 0 Å². The Bertz CT molecular complexity index is 983. The van der Waals surface area contributed by atoms with Gasteiger partial charge in [0.25, 0.3) is 5.91 Å². The summed E-state index contributed by atoms with van der Waals surface area (Å²) in [6.45, 7) is 0.483. The van der Waals surface area contributed by atoms with Crippen molar-refractivity contribution in [1.82, 2.24) is 5.32 Å². The van der Waals surface area contributed by atoms with E-state index < -0.39 is 9.84 Å². The molecule has 0 bridgehead atoms. The third kappa shape index (κ3) is 5.48. The molecule has 5 nitrogen and oxygen atoms in total. The van der Waals surface area contributed by atoms with E-state index in [0.717, 1.165) is 10.6 Å². The normalized spacial score (nSPS) is 11.3. The molecule has 0 saturated carbocycles. The first-order valence-electron chi connectivity index (χ1n) is 8.37. The quantitative estimate of drug-likeness (QED) is 0.459. The molecule has 0 fully saturated rings. The van der Waals surface area contributed by atoms with Crippen LogP contribution in [0.4, 0.5) is 0 Å². The van der Waals surface area contributed by atoms with Crippen molar-refractivity contribution in [2.45, 2.75) is 15.5 Å². The SMILES string of the molecule is O=C(NCCSc1ccccc1)c1ccc(CS(=O)(=O)c2ccccc2)o1. The number of amides is 1. The molecule has 27 heavy (non-hydrogen) atoms. The fraction of sp³-hybridized carbons (Fsp3) is 0.150. The number of nitrogens with one attached hydrogen (secondary N) is 1. The van der Waals surface area contributed by atoms with Crippen LogP contribution in [0.25, 0.3) is 0 Å². The van der Waals surface area contributed by atoms with Gasteiger partial charge in [0, 0.05) is 17.2 Å². The number of carbonyl (C=O) groups excluding carboxylic acids is 1. The third-order valence-corrected chi connectivity index (χ3v) is 6.39. The van der Waals surface area contributed by atoms with Crippen LogP contribution in [-0.4, -0.2) is 26.6 Å². The molecule has 0 atom stereocenters. The maximum atomic E-state index is 12.4. The van der Waals surface area contributed by atoms with Crippen LogP contribution in [0.3, 0.4) is 0 Å². The summed E-state index contributed by atoms with van der Waals surface area (Å²) in [6, 6.07) is 21.1. The largest absolute Gasteiger partial charge is 0.455 e. The number of carbonyl (C=O) groups is 1. The Morgan fingerprint density at radius 1 is 0.926 bits per heavy atom. The van der Waals surface area contributed by atoms with Crippen LogP contribution < -0.4 is 5.32 Å². The minimum atomic E-state index is -3.51. The topological polar surface area (TPSA) is 76.4 Å². The second-order valence-corrected chi connectivity index (χ2v) is 8.91. The van der Waals surface area contributed by atoms with Gasteiger partial charge >= 0.3 is 0 Å². The van der Waals surface area contributed by atoms with Gasteiger partial charge in [0.15, 0.2) is 15.6 Å². The van der Waals surface area contributed by atoms with Gasteiger partial charge in [-0.05, 0) is 36.4 Å². The van der Waals surface area contributed by atoms with Crippen LogP contribution in [-0.2, 0) is 15.6 Å². The van der Waals surface area contributed by atoms with Gasteiger partial charge in [-0.3, -0.25) is 4.79 Å². The van der Waals surface area contributed by atoms with Crippen LogP contribution in [0.1, 0.15) is 16.3 Å². The summed E-state index contributed by atoms with van der Waals surface area (Å²) in [7, 11) is -3.51. The summed E-state index contributed by atoms with van der Waals surface area (Å²) in [5, 5.41) is 2.77. The molecular weight excluding hydrogens is 382 g/mol. The Balaban J connectivity index is 1.52. The lowest BCUT2D eigenvalue weighted by Crippen LogP contribution is -2.25. The van der Waals surface area contributed by atoms with Crippen molar-refractivity contribution >= 4 is 27.5 Å². The second-order valence-electron chi connectivity index (χ2n) is 5.76. The summed E-state index contributed by atoms with van der Waals surface area (Å²) in [5.74, 6) is 0.438. The first kappa shape index (κ1) is 19.3. The fourth-order valence-electron chi connectivity index (χ4n) is 2.41. The summed E-state index contributed by atoms with van der Waals surface area (Å²) in [4.78, 5) is 13.5. The fourth-order valence-corrected chi connectivity index (χ4v) is 4.47. The first-order chi connectivity index (χ1) is 13.0. The van der Waals surface area contributed by atoms with Crippen molar-refractivity contribution in [2.75, 3.05) is 12.3 Å². The molecule has 0 unspecified atom stereocenters. The van der Waals surface area contributed by atoms with Gasteiger partial charge in [0.05, 0.1) is 4.90 Å². The number of thioether (sulfide) groups is 1. The average molecular weight is 402 g/mol. The van der Waals surface area contributed by atoms with Gasteiger partial charge in [-0.1, -0.05) is 36.4 Å². The van der Waals surface area contributed by atoms with Crippen LogP contribution in [0, 0.1) is 0 Å². The molecule has 0 aliphatic heterocycles. The van der Waals surface area contributed by atoms with E-state index >= 15 is 0 Å². The van der Waals surface area contributed by atoms with E-state index in [1.54, 1.807) is 30.0 Å². The van der Waals surface area contributed by atoms with E-state index in [2.05, 4.69) is 5.32 Å². The highest BCUT2D eigenvalue weighted by Gasteiger charge is 2.19. The molecule has 140 valence electrons. The molecule has 2 aromatic carbocycles. The summed E-state index contributed by atoms with van der Waals surface area (Å²) in [6.07, 6.45) is 0. The first-order valence-corrected chi connectivity index (χ1v) is 11.0. The second kappa shape index (κ2) is 8.92. The Hall–Kier alpha value is -2.51. The van der Waals surface area contributed by atoms with Crippen molar-refractivity contribution in [3.63, 3.8) is 0 Å². The van der Waals surface area contributed by atoms with Crippen molar-refractivity contribution in [2.24, 2.45) is 0 Å². The maximum absolute atomic E-state index is 12.4. The third-order valence-electron chi connectivity index (χ3n) is 3.72. The van der Waals surface area contributed by atoms with Crippen molar-refractivity contribution in [1.29, 1.82) is 0 Å². The highest BCUT2D eigenvalue weighted by Crippen LogP contribution is 2.18. The van der Waals surface area contributed by atoms with Gasteiger partial charge in [-0.15, -0.1) is 11.8 Å². The highest BCUT2D eigenvalue weighted by atomic mass is 32.2. The number of sulfone groups is 1. The molecule has 3 rings (SSSR count). The lowest BCUT2D eigenvalue weighted by molar-refractivity contribution is 0.0927. The minimum absolute atomic E-state index is 0.109. The molecule has 0 aliphatic rings. The lowest BCUT2D eigenvalue weighted by atomic mass is 10.4. The molecule has 0 radical (unpaired) electrons. The smallest absolute Gasteiger partial charge is 0.287 e. The van der Waals surface area contributed by atoms with Crippen LogP contribution in [0.2, 0.25) is 0 Å². The van der Waals surface area contributed by atoms with Gasteiger partial charge in [-0.2, -0.15) is 0 Å². The highest BCUT2D eigenvalue weighted by molar-refractivity contribution is 7.99. The van der Waals surface area contributed by atoms with Crippen molar-refractivity contribution < 1.29 is 17.6 Å². The molecular formula is C20H19NO4S2. The number of furan rings is 1. The molecule has 0 aliphatic carbocycles. The predicted molar refractivity (Wildman–Crippen MR) is 106 cm³/mol. The molecule has 7 heteroatoms. The van der Waals surface area contributed by atoms with Crippen LogP contribution >= 0.6 is 11.8 Å². The van der Waals surface area contributed by atoms with E-state index in [-0.39, 0.29) is 28.1 Å². The summed E-state index contributed by atoms with van der Waals surface area (Å²) < 4.78 is 30.1. The Labute approximate surface area is 162 Å². The van der Waals surface area contributed by atoms with Crippen molar-refractivity contribution in [3.05, 3.63) is 84.3 Å². The molecule has 1 aromatic heterocycles. The monoisotopic (exact) mass is 401 g/mol. The van der Waals surface area contributed by atoms with E-state index in [0.29, 0.717) is 6.54 Å². The molecule has 1 heterocycles. The predicted octanol–water partition coefficient (Wildman–Crippen LogP) is 3.78. The average Bonchev–Trinajstić information content (AvgIpc) is 3.14. The molecule has 0 saturated heterocycles. The van der Waals surface area contributed by atoms with E-state index in [4.69, 9.17) is 4.42 Å². The molecule has 1 amide bonds. The van der Waals surface area contributed by atoms with Crippen molar-refractivity contribution in [3.8, 4) is 0 Å². The van der Waals surface area contributed by atoms with E-state index in [9.17, 15) is 13.2 Å². The Morgan fingerprint density at radius 2 is 1.59 bits per heavy atom. The molecule has 1 N–H and O–H groups in total. The zero-order valence-electron chi connectivity index (χ0n) is 14.5. The lowest BCUT2D eigenvalue weighted by Gasteiger charge is -2.04. The number of rotatable bonds is 8. The van der Waals surface area contributed by atoms with Gasteiger partial charge < -0.3 is 9.73 Å².